The second-order valence-electron chi connectivity index (χ2n) is 3.36. The molecule has 9 heteroatoms. The SMILES string of the molecule is O=C(Cn1c(Br)nc(Cl)c1Cl)NN=Cc1cccs1. The van der Waals surface area contributed by atoms with Gasteiger partial charge in [-0.2, -0.15) is 5.10 Å². The largest absolute Gasteiger partial charge is 0.299 e. The number of nitrogens with one attached hydrogen (secondary N) is 1. The number of rotatable bonds is 4. The monoisotopic (exact) mass is 380 g/mol. The van der Waals surface area contributed by atoms with E-state index < -0.39 is 0 Å². The smallest absolute Gasteiger partial charge is 0.260 e. The molecule has 2 heterocycles. The molecule has 0 saturated carbocycles. The molecule has 2 aromatic heterocycles. The summed E-state index contributed by atoms with van der Waals surface area (Å²) in [7, 11) is 0. The molecule has 0 fully saturated rings. The molecule has 2 rings (SSSR count). The first kappa shape index (κ1) is 14.5. The molecule has 0 saturated heterocycles. The Morgan fingerprint density at radius 3 is 3.00 bits per heavy atom. The van der Waals surface area contributed by atoms with Crippen molar-refractivity contribution >= 4 is 62.6 Å². The Kier molecular flexibility index (Phi) is 4.98. The van der Waals surface area contributed by atoms with E-state index >= 15 is 0 Å². The van der Waals surface area contributed by atoms with Crippen LogP contribution in [0.2, 0.25) is 10.3 Å². The fourth-order valence-electron chi connectivity index (χ4n) is 1.23. The highest BCUT2D eigenvalue weighted by Crippen LogP contribution is 2.25. The zero-order chi connectivity index (χ0) is 13.8. The molecular formula is C10H7BrCl2N4OS. The summed E-state index contributed by atoms with van der Waals surface area (Å²) in [4.78, 5) is 16.5. The number of imidazole rings is 1. The number of aromatic nitrogens is 2. The summed E-state index contributed by atoms with van der Waals surface area (Å²) in [5, 5.41) is 6.10. The molecule has 1 amide bonds. The fourth-order valence-corrected chi connectivity index (χ4v) is 2.86. The van der Waals surface area contributed by atoms with Crippen LogP contribution in [0.1, 0.15) is 4.88 Å². The molecule has 0 aliphatic rings. The van der Waals surface area contributed by atoms with Crippen LogP contribution in [0.4, 0.5) is 0 Å². The van der Waals surface area contributed by atoms with Crippen molar-refractivity contribution < 1.29 is 4.79 Å². The Labute approximate surface area is 131 Å². The van der Waals surface area contributed by atoms with Gasteiger partial charge in [-0.15, -0.1) is 11.3 Å². The summed E-state index contributed by atoms with van der Waals surface area (Å²) in [6, 6.07) is 3.79. The first-order chi connectivity index (χ1) is 9.08. The Hall–Kier alpha value is -0.890. The summed E-state index contributed by atoms with van der Waals surface area (Å²) in [6.45, 7) is -0.0269. The molecule has 0 unspecified atom stereocenters. The topological polar surface area (TPSA) is 59.3 Å². The van der Waals surface area contributed by atoms with Crippen molar-refractivity contribution in [1.29, 1.82) is 0 Å². The maximum atomic E-state index is 11.7. The maximum Gasteiger partial charge on any atom is 0.260 e. The Morgan fingerprint density at radius 1 is 1.63 bits per heavy atom. The van der Waals surface area contributed by atoms with Crippen LogP contribution in [0.3, 0.4) is 0 Å². The third-order valence-electron chi connectivity index (χ3n) is 2.05. The molecule has 0 aliphatic heterocycles. The van der Waals surface area contributed by atoms with Gasteiger partial charge in [-0.3, -0.25) is 9.36 Å². The number of carbonyl (C=O) groups is 1. The summed E-state index contributed by atoms with van der Waals surface area (Å²) < 4.78 is 1.82. The Balaban J connectivity index is 1.94. The standard InChI is InChI=1S/C10H7BrCl2N4OS/c11-10-15-8(12)9(13)17(10)5-7(18)16-14-4-6-2-1-3-19-6/h1-4H,5H2,(H,16,18). The lowest BCUT2D eigenvalue weighted by atomic mass is 10.5. The van der Waals surface area contributed by atoms with Crippen molar-refractivity contribution in [3.63, 3.8) is 0 Å². The van der Waals surface area contributed by atoms with Crippen molar-refractivity contribution in [2.45, 2.75) is 6.54 Å². The number of nitrogens with zero attached hydrogens (tertiary/aromatic N) is 3. The molecule has 5 nitrogen and oxygen atoms in total. The normalized spacial score (nSPS) is 11.1. The third-order valence-corrected chi connectivity index (χ3v) is 4.20. The van der Waals surface area contributed by atoms with Gasteiger partial charge in [-0.1, -0.05) is 29.3 Å². The van der Waals surface area contributed by atoms with Crippen LogP contribution in [-0.4, -0.2) is 21.7 Å². The van der Waals surface area contributed by atoms with E-state index in [9.17, 15) is 4.79 Å². The zero-order valence-electron chi connectivity index (χ0n) is 9.31. The van der Waals surface area contributed by atoms with E-state index in [-0.39, 0.29) is 22.8 Å². The van der Waals surface area contributed by atoms with Crippen molar-refractivity contribution in [3.8, 4) is 0 Å². The quantitative estimate of drug-likeness (QED) is 0.653. The van der Waals surface area contributed by atoms with Gasteiger partial charge >= 0.3 is 0 Å². The zero-order valence-corrected chi connectivity index (χ0v) is 13.2. The predicted molar refractivity (Wildman–Crippen MR) is 80.0 cm³/mol. The van der Waals surface area contributed by atoms with E-state index in [4.69, 9.17) is 23.2 Å². The Bertz CT molecular complexity index is 611. The number of hydrogen-bond donors (Lipinski definition) is 1. The van der Waals surface area contributed by atoms with Crippen LogP contribution in [0.15, 0.2) is 27.3 Å². The maximum absolute atomic E-state index is 11.7. The van der Waals surface area contributed by atoms with Crippen LogP contribution in [0.25, 0.3) is 0 Å². The summed E-state index contributed by atoms with van der Waals surface area (Å²) in [5.41, 5.74) is 2.40. The predicted octanol–water partition coefficient (Wildman–Crippen LogP) is 3.16. The minimum Gasteiger partial charge on any atom is -0.299 e. The van der Waals surface area contributed by atoms with Crippen LogP contribution >= 0.6 is 50.5 Å². The van der Waals surface area contributed by atoms with Crippen molar-refractivity contribution in [2.75, 3.05) is 0 Å². The lowest BCUT2D eigenvalue weighted by molar-refractivity contribution is -0.121. The van der Waals surface area contributed by atoms with Crippen molar-refractivity contribution in [3.05, 3.63) is 37.4 Å². The van der Waals surface area contributed by atoms with Gasteiger partial charge in [0.2, 0.25) is 0 Å². The van der Waals surface area contributed by atoms with Crippen LogP contribution < -0.4 is 5.43 Å². The number of amides is 1. The van der Waals surface area contributed by atoms with Crippen LogP contribution in [0, 0.1) is 0 Å². The molecule has 1 N–H and O–H groups in total. The molecule has 0 spiro atoms. The van der Waals surface area contributed by atoms with Gasteiger partial charge in [0.1, 0.15) is 11.7 Å². The van der Waals surface area contributed by atoms with E-state index in [2.05, 4.69) is 31.4 Å². The van der Waals surface area contributed by atoms with Gasteiger partial charge in [0.15, 0.2) is 9.89 Å². The highest BCUT2D eigenvalue weighted by molar-refractivity contribution is 9.10. The summed E-state index contributed by atoms with van der Waals surface area (Å²) in [6.07, 6.45) is 1.57. The van der Waals surface area contributed by atoms with Crippen molar-refractivity contribution in [1.82, 2.24) is 15.0 Å². The lowest BCUT2D eigenvalue weighted by Gasteiger charge is -2.03. The van der Waals surface area contributed by atoms with Crippen LogP contribution in [0.5, 0.6) is 0 Å². The molecule has 19 heavy (non-hydrogen) atoms. The number of thiophene rings is 1. The van der Waals surface area contributed by atoms with E-state index in [0.29, 0.717) is 4.73 Å². The number of hydrazone groups is 1. The van der Waals surface area contributed by atoms with E-state index in [0.717, 1.165) is 4.88 Å². The van der Waals surface area contributed by atoms with Gasteiger partial charge in [0, 0.05) is 4.88 Å². The molecular weight excluding hydrogens is 375 g/mol. The molecule has 0 atom stereocenters. The lowest BCUT2D eigenvalue weighted by Crippen LogP contribution is -2.23. The third kappa shape index (κ3) is 3.79. The van der Waals surface area contributed by atoms with Crippen molar-refractivity contribution in [2.24, 2.45) is 5.10 Å². The second-order valence-corrected chi connectivity index (χ2v) is 5.76. The summed E-state index contributed by atoms with van der Waals surface area (Å²) >= 11 is 16.3. The highest BCUT2D eigenvalue weighted by atomic mass is 79.9. The van der Waals surface area contributed by atoms with Gasteiger partial charge in [0.25, 0.3) is 5.91 Å². The first-order valence-electron chi connectivity index (χ1n) is 5.00. The minimum atomic E-state index is -0.329. The molecule has 0 aliphatic carbocycles. The van der Waals surface area contributed by atoms with Gasteiger partial charge in [-0.05, 0) is 27.4 Å². The molecule has 0 aromatic carbocycles. The first-order valence-corrected chi connectivity index (χ1v) is 7.43. The van der Waals surface area contributed by atoms with Gasteiger partial charge < -0.3 is 0 Å². The average molecular weight is 382 g/mol. The second kappa shape index (κ2) is 6.51. The van der Waals surface area contributed by atoms with E-state index in [1.807, 2.05) is 17.5 Å². The minimum absolute atomic E-state index is 0.0269. The van der Waals surface area contributed by atoms with E-state index in [1.54, 1.807) is 6.21 Å². The molecule has 0 radical (unpaired) electrons. The molecule has 0 bridgehead atoms. The fraction of sp³-hybridized carbons (Fsp3) is 0.100. The summed E-state index contributed by atoms with van der Waals surface area (Å²) in [5.74, 6) is -0.329. The number of carbonyl (C=O) groups excluding carboxylic acids is 1. The Morgan fingerprint density at radius 2 is 2.42 bits per heavy atom. The molecule has 2 aromatic rings. The van der Waals surface area contributed by atoms with Gasteiger partial charge in [-0.25, -0.2) is 10.4 Å². The van der Waals surface area contributed by atoms with Gasteiger partial charge in [0.05, 0.1) is 6.21 Å². The number of halogens is 3. The highest BCUT2D eigenvalue weighted by Gasteiger charge is 2.14. The van der Waals surface area contributed by atoms with Crippen LogP contribution in [-0.2, 0) is 11.3 Å². The number of hydrogen-bond acceptors (Lipinski definition) is 4. The molecule has 100 valence electrons. The average Bonchev–Trinajstić information content (AvgIpc) is 2.94. The van der Waals surface area contributed by atoms with E-state index in [1.165, 1.54) is 15.9 Å².